The molecule has 1 amide bonds. The second-order valence-electron chi connectivity index (χ2n) is 9.13. The van der Waals surface area contributed by atoms with Crippen LogP contribution < -0.4 is 5.32 Å². The maximum absolute atomic E-state index is 13.2. The van der Waals surface area contributed by atoms with Crippen LogP contribution in [-0.2, 0) is 10.3 Å². The third-order valence-corrected chi connectivity index (χ3v) is 5.42. The molecule has 1 saturated carbocycles. The van der Waals surface area contributed by atoms with Crippen molar-refractivity contribution in [3.05, 3.63) is 23.0 Å². The molecule has 0 radical (unpaired) electrons. The normalized spacial score (nSPS) is 20.1. The van der Waals surface area contributed by atoms with Crippen LogP contribution in [0, 0.1) is 12.8 Å². The SMILES string of the molecule is Cc1nn(C(C)(C)C)c2nc(C(C)C)cc(C(=O)N[C@@H]3CC[C@H](C(=O)O)C3)c12. The second-order valence-corrected chi connectivity index (χ2v) is 9.13. The topological polar surface area (TPSA) is 97.1 Å². The molecule has 2 heterocycles. The minimum absolute atomic E-state index is 0.114. The maximum atomic E-state index is 13.2. The highest BCUT2D eigenvalue weighted by Gasteiger charge is 2.32. The molecule has 0 aromatic carbocycles. The Morgan fingerprint density at radius 3 is 2.50 bits per heavy atom. The Balaban J connectivity index is 2.03. The number of hydrogen-bond donors (Lipinski definition) is 2. The third-order valence-electron chi connectivity index (χ3n) is 5.42. The molecule has 0 bridgehead atoms. The van der Waals surface area contributed by atoms with Crippen LogP contribution in [-0.4, -0.2) is 37.8 Å². The van der Waals surface area contributed by atoms with E-state index in [1.807, 2.05) is 17.7 Å². The van der Waals surface area contributed by atoms with Gasteiger partial charge in [0, 0.05) is 11.7 Å². The van der Waals surface area contributed by atoms with Gasteiger partial charge in [-0.25, -0.2) is 9.67 Å². The average Bonchev–Trinajstić information content (AvgIpc) is 3.18. The van der Waals surface area contributed by atoms with Crippen LogP contribution in [0.2, 0.25) is 0 Å². The standard InChI is InChI=1S/C21H30N4O3/c1-11(2)16-10-15(19(26)22-14-8-7-13(9-14)20(27)28)17-12(3)24-25(18(17)23-16)21(4,5)6/h10-11,13-14H,7-9H2,1-6H3,(H,22,26)(H,27,28)/t13-,14+/m0/s1. The van der Waals surface area contributed by atoms with Crippen molar-refractivity contribution in [2.45, 2.75) is 78.3 Å². The van der Waals surface area contributed by atoms with Gasteiger partial charge in [0.2, 0.25) is 0 Å². The first kappa shape index (κ1) is 20.3. The van der Waals surface area contributed by atoms with Gasteiger partial charge in [0.25, 0.3) is 5.91 Å². The summed E-state index contributed by atoms with van der Waals surface area (Å²) < 4.78 is 1.89. The number of carboxylic acids is 1. The summed E-state index contributed by atoms with van der Waals surface area (Å²) in [7, 11) is 0. The Hall–Kier alpha value is -2.44. The number of rotatable bonds is 4. The summed E-state index contributed by atoms with van der Waals surface area (Å²) in [6.07, 6.45) is 1.77. The molecule has 0 aliphatic heterocycles. The molecule has 1 aliphatic rings. The lowest BCUT2D eigenvalue weighted by Crippen LogP contribution is -2.33. The molecule has 7 heteroatoms. The van der Waals surface area contributed by atoms with Crippen molar-refractivity contribution in [3.8, 4) is 0 Å². The summed E-state index contributed by atoms with van der Waals surface area (Å²) in [5, 5.41) is 17.7. The van der Waals surface area contributed by atoms with E-state index in [4.69, 9.17) is 4.98 Å². The number of aliphatic carboxylic acids is 1. The molecule has 2 N–H and O–H groups in total. The molecule has 28 heavy (non-hydrogen) atoms. The number of carbonyl (C=O) groups excluding carboxylic acids is 1. The van der Waals surface area contributed by atoms with Crippen LogP contribution in [0.4, 0.5) is 0 Å². The number of nitrogens with one attached hydrogen (secondary N) is 1. The number of aromatic nitrogens is 3. The Labute approximate surface area is 165 Å². The van der Waals surface area contributed by atoms with E-state index in [0.717, 1.165) is 22.4 Å². The van der Waals surface area contributed by atoms with Crippen molar-refractivity contribution in [2.75, 3.05) is 0 Å². The van der Waals surface area contributed by atoms with Crippen molar-refractivity contribution in [2.24, 2.45) is 5.92 Å². The number of pyridine rings is 1. The summed E-state index contributed by atoms with van der Waals surface area (Å²) >= 11 is 0. The van der Waals surface area contributed by atoms with E-state index in [0.29, 0.717) is 24.8 Å². The number of aryl methyl sites for hydroxylation is 1. The van der Waals surface area contributed by atoms with E-state index in [2.05, 4.69) is 45.0 Å². The molecule has 2 atom stereocenters. The monoisotopic (exact) mass is 386 g/mol. The van der Waals surface area contributed by atoms with Crippen LogP contribution in [0.3, 0.4) is 0 Å². The van der Waals surface area contributed by atoms with Gasteiger partial charge < -0.3 is 10.4 Å². The lowest BCUT2D eigenvalue weighted by atomic mass is 10.0. The summed E-state index contributed by atoms with van der Waals surface area (Å²) in [5.41, 5.74) is 2.64. The fourth-order valence-corrected chi connectivity index (χ4v) is 3.85. The van der Waals surface area contributed by atoms with Gasteiger partial charge in [-0.05, 0) is 58.9 Å². The third kappa shape index (κ3) is 3.75. The molecule has 1 fully saturated rings. The first-order chi connectivity index (χ1) is 13.0. The zero-order valence-corrected chi connectivity index (χ0v) is 17.5. The van der Waals surface area contributed by atoms with Crippen LogP contribution in [0.5, 0.6) is 0 Å². The van der Waals surface area contributed by atoms with E-state index < -0.39 is 5.97 Å². The highest BCUT2D eigenvalue weighted by atomic mass is 16.4. The summed E-state index contributed by atoms with van der Waals surface area (Å²) in [6.45, 7) is 12.2. The molecule has 0 spiro atoms. The minimum Gasteiger partial charge on any atom is -0.481 e. The lowest BCUT2D eigenvalue weighted by molar-refractivity contribution is -0.141. The second kappa shape index (κ2) is 7.18. The van der Waals surface area contributed by atoms with Crippen molar-refractivity contribution in [3.63, 3.8) is 0 Å². The maximum Gasteiger partial charge on any atom is 0.306 e. The predicted molar refractivity (Wildman–Crippen MR) is 108 cm³/mol. The minimum atomic E-state index is -0.785. The van der Waals surface area contributed by atoms with E-state index in [1.165, 1.54) is 0 Å². The fourth-order valence-electron chi connectivity index (χ4n) is 3.85. The van der Waals surface area contributed by atoms with Gasteiger partial charge in [-0.2, -0.15) is 5.10 Å². The Morgan fingerprint density at radius 2 is 1.96 bits per heavy atom. The Kier molecular flexibility index (Phi) is 5.21. The van der Waals surface area contributed by atoms with Crippen molar-refractivity contribution < 1.29 is 14.7 Å². The molecule has 0 unspecified atom stereocenters. The summed E-state index contributed by atoms with van der Waals surface area (Å²) in [5.74, 6) is -1.17. The van der Waals surface area contributed by atoms with Gasteiger partial charge >= 0.3 is 5.97 Å². The molecule has 3 rings (SSSR count). The van der Waals surface area contributed by atoms with Crippen molar-refractivity contribution in [1.29, 1.82) is 0 Å². The largest absolute Gasteiger partial charge is 0.481 e. The number of fused-ring (bicyclic) bond motifs is 1. The first-order valence-electron chi connectivity index (χ1n) is 9.93. The average molecular weight is 386 g/mol. The quantitative estimate of drug-likeness (QED) is 0.837. The van der Waals surface area contributed by atoms with Crippen LogP contribution in [0.25, 0.3) is 11.0 Å². The molecular weight excluding hydrogens is 356 g/mol. The van der Waals surface area contributed by atoms with Gasteiger partial charge in [0.1, 0.15) is 0 Å². The molecule has 7 nitrogen and oxygen atoms in total. The highest BCUT2D eigenvalue weighted by Crippen LogP contribution is 2.30. The Bertz CT molecular complexity index is 924. The molecule has 152 valence electrons. The van der Waals surface area contributed by atoms with E-state index in [9.17, 15) is 14.7 Å². The van der Waals surface area contributed by atoms with Gasteiger partial charge in [0.15, 0.2) is 5.65 Å². The van der Waals surface area contributed by atoms with Gasteiger partial charge in [-0.15, -0.1) is 0 Å². The zero-order chi connectivity index (χ0) is 20.8. The number of carboxylic acid groups (broad SMARTS) is 1. The fraction of sp³-hybridized carbons (Fsp3) is 0.619. The zero-order valence-electron chi connectivity index (χ0n) is 17.5. The number of hydrogen-bond acceptors (Lipinski definition) is 4. The molecule has 0 saturated heterocycles. The first-order valence-corrected chi connectivity index (χ1v) is 9.93. The van der Waals surface area contributed by atoms with Gasteiger partial charge in [0.05, 0.1) is 28.1 Å². The van der Waals surface area contributed by atoms with Crippen molar-refractivity contribution in [1.82, 2.24) is 20.1 Å². The summed E-state index contributed by atoms with van der Waals surface area (Å²) in [4.78, 5) is 29.2. The van der Waals surface area contributed by atoms with E-state index in [-0.39, 0.29) is 29.3 Å². The Morgan fingerprint density at radius 1 is 1.29 bits per heavy atom. The van der Waals surface area contributed by atoms with E-state index >= 15 is 0 Å². The summed E-state index contributed by atoms with van der Waals surface area (Å²) in [6, 6.07) is 1.74. The van der Waals surface area contributed by atoms with Crippen LogP contribution in [0.15, 0.2) is 6.07 Å². The number of nitrogens with zero attached hydrogens (tertiary/aromatic N) is 3. The highest BCUT2D eigenvalue weighted by molar-refractivity contribution is 6.06. The number of amides is 1. The predicted octanol–water partition coefficient (Wildman–Crippen LogP) is 3.60. The lowest BCUT2D eigenvalue weighted by Gasteiger charge is -2.21. The van der Waals surface area contributed by atoms with Gasteiger partial charge in [-0.3, -0.25) is 9.59 Å². The van der Waals surface area contributed by atoms with Crippen LogP contribution >= 0.6 is 0 Å². The smallest absolute Gasteiger partial charge is 0.306 e. The number of carbonyl (C=O) groups is 2. The molecular formula is C21H30N4O3. The van der Waals surface area contributed by atoms with E-state index in [1.54, 1.807) is 0 Å². The molecule has 2 aromatic heterocycles. The van der Waals surface area contributed by atoms with Gasteiger partial charge in [-0.1, -0.05) is 13.8 Å². The van der Waals surface area contributed by atoms with Crippen LogP contribution in [0.1, 0.15) is 81.5 Å². The van der Waals surface area contributed by atoms with Crippen molar-refractivity contribution >= 4 is 22.9 Å². The molecule has 1 aliphatic carbocycles. The molecule has 2 aromatic rings.